The van der Waals surface area contributed by atoms with Gasteiger partial charge in [0.15, 0.2) is 5.78 Å². The summed E-state index contributed by atoms with van der Waals surface area (Å²) in [6.07, 6.45) is 0.359. The van der Waals surface area contributed by atoms with E-state index in [4.69, 9.17) is 5.73 Å². The maximum atomic E-state index is 12.0. The van der Waals surface area contributed by atoms with E-state index in [1.165, 1.54) is 0 Å². The number of hydrogen-bond donors (Lipinski definition) is 1. The lowest BCUT2D eigenvalue weighted by atomic mass is 9.94. The maximum Gasteiger partial charge on any atom is 0.164 e. The van der Waals surface area contributed by atoms with Crippen molar-refractivity contribution in [1.82, 2.24) is 0 Å². The van der Waals surface area contributed by atoms with Crippen LogP contribution in [0.4, 0.5) is 0 Å². The Labute approximate surface area is 114 Å². The van der Waals surface area contributed by atoms with Gasteiger partial charge in [-0.3, -0.25) is 4.79 Å². The van der Waals surface area contributed by atoms with Crippen LogP contribution >= 0.6 is 0 Å². The summed E-state index contributed by atoms with van der Waals surface area (Å²) in [6, 6.07) is 17.8. The Morgan fingerprint density at radius 1 is 0.947 bits per heavy atom. The molecule has 0 aliphatic rings. The minimum atomic E-state index is -0.463. The van der Waals surface area contributed by atoms with Gasteiger partial charge in [0.05, 0.1) is 0 Å². The highest BCUT2D eigenvalue weighted by Crippen LogP contribution is 2.20. The third-order valence-electron chi connectivity index (χ3n) is 2.93. The van der Waals surface area contributed by atoms with E-state index in [9.17, 15) is 4.79 Å². The monoisotopic (exact) mass is 253 g/mol. The van der Waals surface area contributed by atoms with Crippen LogP contribution in [-0.2, 0) is 0 Å². The van der Waals surface area contributed by atoms with Gasteiger partial charge in [0.2, 0.25) is 0 Å². The molecular weight excluding hydrogens is 234 g/mol. The number of nitrogens with two attached hydrogens (primary N) is 1. The van der Waals surface area contributed by atoms with Crippen LogP contribution in [0, 0.1) is 0 Å². The Bertz CT molecular complexity index is 550. The van der Waals surface area contributed by atoms with E-state index in [1.807, 2.05) is 56.3 Å². The van der Waals surface area contributed by atoms with Gasteiger partial charge in [-0.25, -0.2) is 0 Å². The first-order valence-corrected chi connectivity index (χ1v) is 6.43. The number of carbonyl (C=O) groups excluding carboxylic acids is 1. The fourth-order valence-electron chi connectivity index (χ4n) is 2.00. The minimum absolute atomic E-state index is 0.0899. The lowest BCUT2D eigenvalue weighted by Crippen LogP contribution is -2.34. The van der Waals surface area contributed by atoms with Crippen molar-refractivity contribution in [2.45, 2.75) is 25.8 Å². The van der Waals surface area contributed by atoms with Crippen molar-refractivity contribution < 1.29 is 4.79 Å². The maximum absolute atomic E-state index is 12.0. The Balaban J connectivity index is 2.17. The van der Waals surface area contributed by atoms with Crippen LogP contribution in [0.25, 0.3) is 11.1 Å². The molecule has 2 aromatic carbocycles. The second-order valence-corrected chi connectivity index (χ2v) is 5.53. The van der Waals surface area contributed by atoms with Gasteiger partial charge >= 0.3 is 0 Å². The molecular formula is C17H19NO. The molecule has 0 radical (unpaired) electrons. The molecule has 98 valence electrons. The SMILES string of the molecule is CC(C)(N)CC(=O)c1ccc(-c2ccccc2)cc1. The number of hydrogen-bond acceptors (Lipinski definition) is 2. The fourth-order valence-corrected chi connectivity index (χ4v) is 2.00. The van der Waals surface area contributed by atoms with Crippen molar-refractivity contribution in [2.24, 2.45) is 5.73 Å². The van der Waals surface area contributed by atoms with Gasteiger partial charge in [0.25, 0.3) is 0 Å². The molecule has 0 fully saturated rings. The van der Waals surface area contributed by atoms with E-state index in [-0.39, 0.29) is 5.78 Å². The van der Waals surface area contributed by atoms with Crippen molar-refractivity contribution in [3.63, 3.8) is 0 Å². The van der Waals surface area contributed by atoms with Crippen LogP contribution in [0.15, 0.2) is 54.6 Å². The minimum Gasteiger partial charge on any atom is -0.325 e. The van der Waals surface area contributed by atoms with E-state index >= 15 is 0 Å². The Morgan fingerprint density at radius 3 is 2.00 bits per heavy atom. The lowest BCUT2D eigenvalue weighted by Gasteiger charge is -2.17. The van der Waals surface area contributed by atoms with E-state index in [0.29, 0.717) is 6.42 Å². The van der Waals surface area contributed by atoms with Crippen LogP contribution in [0.2, 0.25) is 0 Å². The summed E-state index contributed by atoms with van der Waals surface area (Å²) in [5, 5.41) is 0. The standard InChI is InChI=1S/C17H19NO/c1-17(2,18)12-16(19)15-10-8-14(9-11-15)13-6-4-3-5-7-13/h3-11H,12,18H2,1-2H3. The van der Waals surface area contributed by atoms with Crippen molar-refractivity contribution in [3.8, 4) is 11.1 Å². The quantitative estimate of drug-likeness (QED) is 0.845. The number of carbonyl (C=O) groups is 1. The van der Waals surface area contributed by atoms with Gasteiger partial charge in [0, 0.05) is 17.5 Å². The summed E-state index contributed by atoms with van der Waals surface area (Å²) in [7, 11) is 0. The molecule has 0 unspecified atom stereocenters. The Kier molecular flexibility index (Phi) is 3.82. The molecule has 19 heavy (non-hydrogen) atoms. The summed E-state index contributed by atoms with van der Waals surface area (Å²) in [5.41, 5.74) is 8.40. The Morgan fingerprint density at radius 2 is 1.47 bits per heavy atom. The molecule has 0 saturated carbocycles. The highest BCUT2D eigenvalue weighted by Gasteiger charge is 2.17. The molecule has 2 rings (SSSR count). The van der Waals surface area contributed by atoms with Crippen molar-refractivity contribution in [3.05, 3.63) is 60.2 Å². The normalized spacial score (nSPS) is 11.3. The molecule has 2 aromatic rings. The smallest absolute Gasteiger partial charge is 0.164 e. The molecule has 2 heteroatoms. The molecule has 0 saturated heterocycles. The molecule has 0 aliphatic heterocycles. The highest BCUT2D eigenvalue weighted by molar-refractivity contribution is 5.97. The number of rotatable bonds is 4. The third kappa shape index (κ3) is 3.76. The summed E-state index contributed by atoms with van der Waals surface area (Å²) in [6.45, 7) is 3.73. The van der Waals surface area contributed by atoms with Gasteiger partial charge < -0.3 is 5.73 Å². The van der Waals surface area contributed by atoms with E-state index in [0.717, 1.165) is 16.7 Å². The number of benzene rings is 2. The van der Waals surface area contributed by atoms with Crippen molar-refractivity contribution in [1.29, 1.82) is 0 Å². The van der Waals surface area contributed by atoms with Crippen LogP contribution in [0.3, 0.4) is 0 Å². The van der Waals surface area contributed by atoms with Gasteiger partial charge in [0.1, 0.15) is 0 Å². The van der Waals surface area contributed by atoms with Crippen LogP contribution in [0.1, 0.15) is 30.6 Å². The second kappa shape index (κ2) is 5.37. The molecule has 2 N–H and O–H groups in total. The van der Waals surface area contributed by atoms with E-state index in [2.05, 4.69) is 12.1 Å². The lowest BCUT2D eigenvalue weighted by molar-refractivity contribution is 0.0960. The zero-order chi connectivity index (χ0) is 13.9. The zero-order valence-corrected chi connectivity index (χ0v) is 11.4. The Hall–Kier alpha value is -1.93. The first kappa shape index (κ1) is 13.5. The molecule has 0 atom stereocenters. The number of ketones is 1. The third-order valence-corrected chi connectivity index (χ3v) is 2.93. The topological polar surface area (TPSA) is 43.1 Å². The van der Waals surface area contributed by atoms with Crippen molar-refractivity contribution >= 4 is 5.78 Å². The molecule has 2 nitrogen and oxygen atoms in total. The summed E-state index contributed by atoms with van der Waals surface area (Å²) in [5.74, 6) is 0.0899. The van der Waals surface area contributed by atoms with Crippen LogP contribution in [-0.4, -0.2) is 11.3 Å². The van der Waals surface area contributed by atoms with Crippen molar-refractivity contribution in [2.75, 3.05) is 0 Å². The summed E-state index contributed by atoms with van der Waals surface area (Å²) in [4.78, 5) is 12.0. The first-order chi connectivity index (χ1) is 8.96. The van der Waals surface area contributed by atoms with Crippen LogP contribution < -0.4 is 5.73 Å². The average molecular weight is 253 g/mol. The molecule has 0 spiro atoms. The van der Waals surface area contributed by atoms with Gasteiger partial charge in [-0.15, -0.1) is 0 Å². The predicted molar refractivity (Wildman–Crippen MR) is 79.1 cm³/mol. The zero-order valence-electron chi connectivity index (χ0n) is 11.4. The van der Waals surface area contributed by atoms with E-state index < -0.39 is 5.54 Å². The fraction of sp³-hybridized carbons (Fsp3) is 0.235. The highest BCUT2D eigenvalue weighted by atomic mass is 16.1. The molecule has 0 aromatic heterocycles. The first-order valence-electron chi connectivity index (χ1n) is 6.43. The van der Waals surface area contributed by atoms with Gasteiger partial charge in [-0.05, 0) is 25.0 Å². The molecule has 0 heterocycles. The predicted octanol–water partition coefficient (Wildman–Crippen LogP) is 3.66. The summed E-state index contributed by atoms with van der Waals surface area (Å²) >= 11 is 0. The van der Waals surface area contributed by atoms with E-state index in [1.54, 1.807) is 0 Å². The van der Waals surface area contributed by atoms with Gasteiger partial charge in [-0.2, -0.15) is 0 Å². The molecule has 0 aliphatic carbocycles. The summed E-state index contributed by atoms with van der Waals surface area (Å²) < 4.78 is 0. The van der Waals surface area contributed by atoms with Gasteiger partial charge in [-0.1, -0.05) is 54.6 Å². The number of Topliss-reactive ketones (excluding diaryl/α,β-unsaturated/α-hetero) is 1. The molecule has 0 amide bonds. The largest absolute Gasteiger partial charge is 0.325 e. The average Bonchev–Trinajstić information content (AvgIpc) is 2.38. The second-order valence-electron chi connectivity index (χ2n) is 5.53. The molecule has 0 bridgehead atoms. The van der Waals surface area contributed by atoms with Crippen LogP contribution in [0.5, 0.6) is 0 Å².